The van der Waals surface area contributed by atoms with Crippen molar-refractivity contribution >= 4 is 0 Å². The molecule has 0 aromatic carbocycles. The molecule has 0 spiro atoms. The van der Waals surface area contributed by atoms with Crippen LogP contribution in [-0.4, -0.2) is 32.9 Å². The molecule has 6 heteroatoms. The number of aromatic nitrogens is 4. The molecule has 2 atom stereocenters. The van der Waals surface area contributed by atoms with E-state index in [1.807, 2.05) is 6.92 Å². The fourth-order valence-electron chi connectivity index (χ4n) is 2.00. The summed E-state index contributed by atoms with van der Waals surface area (Å²) in [5.41, 5.74) is 5.77. The van der Waals surface area contributed by atoms with Gasteiger partial charge in [0.2, 0.25) is 0 Å². The summed E-state index contributed by atoms with van der Waals surface area (Å²) < 4.78 is 7.44. The predicted octanol–water partition coefficient (Wildman–Crippen LogP) is 0.652. The number of tetrazole rings is 1. The van der Waals surface area contributed by atoms with Crippen molar-refractivity contribution < 1.29 is 4.74 Å². The molecular weight excluding hydrogens is 206 g/mol. The SMILES string of the molecule is CC(N)c1nnnn1CCC1CCCCO1. The summed E-state index contributed by atoms with van der Waals surface area (Å²) in [5, 5.41) is 11.5. The molecule has 2 N–H and O–H groups in total. The summed E-state index contributed by atoms with van der Waals surface area (Å²) in [6, 6.07) is -0.123. The van der Waals surface area contributed by atoms with E-state index in [2.05, 4.69) is 15.5 Å². The van der Waals surface area contributed by atoms with E-state index < -0.39 is 0 Å². The molecule has 1 saturated heterocycles. The Kier molecular flexibility index (Phi) is 3.84. The van der Waals surface area contributed by atoms with Gasteiger partial charge in [-0.2, -0.15) is 0 Å². The Morgan fingerprint density at radius 1 is 1.56 bits per heavy atom. The number of rotatable bonds is 4. The number of aryl methyl sites for hydroxylation is 1. The van der Waals surface area contributed by atoms with Crippen molar-refractivity contribution in [2.45, 2.75) is 51.3 Å². The van der Waals surface area contributed by atoms with Crippen molar-refractivity contribution in [2.24, 2.45) is 5.73 Å². The first kappa shape index (κ1) is 11.5. The molecule has 0 amide bonds. The van der Waals surface area contributed by atoms with Crippen molar-refractivity contribution in [3.8, 4) is 0 Å². The molecule has 90 valence electrons. The van der Waals surface area contributed by atoms with Gasteiger partial charge in [-0.3, -0.25) is 0 Å². The van der Waals surface area contributed by atoms with E-state index in [4.69, 9.17) is 10.5 Å². The minimum Gasteiger partial charge on any atom is -0.378 e. The van der Waals surface area contributed by atoms with Gasteiger partial charge in [-0.15, -0.1) is 5.10 Å². The van der Waals surface area contributed by atoms with Gasteiger partial charge in [-0.1, -0.05) is 0 Å². The third-order valence-corrected chi connectivity index (χ3v) is 2.90. The van der Waals surface area contributed by atoms with Gasteiger partial charge in [-0.25, -0.2) is 4.68 Å². The summed E-state index contributed by atoms with van der Waals surface area (Å²) in [7, 11) is 0. The first-order valence-electron chi connectivity index (χ1n) is 5.90. The number of ether oxygens (including phenoxy) is 1. The molecule has 1 aliphatic heterocycles. The zero-order chi connectivity index (χ0) is 11.4. The normalized spacial score (nSPS) is 23.2. The van der Waals surface area contributed by atoms with Crippen molar-refractivity contribution in [2.75, 3.05) is 6.61 Å². The Bertz CT molecular complexity index is 319. The Morgan fingerprint density at radius 3 is 3.12 bits per heavy atom. The second-order valence-corrected chi connectivity index (χ2v) is 4.33. The van der Waals surface area contributed by atoms with Gasteiger partial charge in [0, 0.05) is 13.2 Å². The van der Waals surface area contributed by atoms with Gasteiger partial charge in [0.25, 0.3) is 0 Å². The van der Waals surface area contributed by atoms with Gasteiger partial charge >= 0.3 is 0 Å². The first-order chi connectivity index (χ1) is 7.77. The molecular formula is C10H19N5O. The van der Waals surface area contributed by atoms with Crippen LogP contribution in [0.3, 0.4) is 0 Å². The van der Waals surface area contributed by atoms with Gasteiger partial charge in [0.1, 0.15) is 0 Å². The van der Waals surface area contributed by atoms with Crippen LogP contribution in [0.2, 0.25) is 0 Å². The maximum Gasteiger partial charge on any atom is 0.167 e. The molecule has 0 bridgehead atoms. The zero-order valence-corrected chi connectivity index (χ0v) is 9.67. The molecule has 2 unspecified atom stereocenters. The molecule has 0 saturated carbocycles. The highest BCUT2D eigenvalue weighted by molar-refractivity contribution is 4.87. The van der Waals surface area contributed by atoms with E-state index in [1.165, 1.54) is 12.8 Å². The van der Waals surface area contributed by atoms with Gasteiger partial charge < -0.3 is 10.5 Å². The molecule has 0 aliphatic carbocycles. The minimum atomic E-state index is -0.123. The highest BCUT2D eigenvalue weighted by Crippen LogP contribution is 2.16. The van der Waals surface area contributed by atoms with Crippen LogP contribution in [-0.2, 0) is 11.3 Å². The molecule has 1 fully saturated rings. The third-order valence-electron chi connectivity index (χ3n) is 2.90. The van der Waals surface area contributed by atoms with Crippen LogP contribution in [0, 0.1) is 0 Å². The lowest BCUT2D eigenvalue weighted by molar-refractivity contribution is 0.00803. The molecule has 2 rings (SSSR count). The zero-order valence-electron chi connectivity index (χ0n) is 9.67. The van der Waals surface area contributed by atoms with Crippen LogP contribution in [0.1, 0.15) is 44.5 Å². The van der Waals surface area contributed by atoms with Crippen molar-refractivity contribution in [3.05, 3.63) is 5.82 Å². The third kappa shape index (κ3) is 2.76. The monoisotopic (exact) mass is 225 g/mol. The summed E-state index contributed by atoms with van der Waals surface area (Å²) >= 11 is 0. The first-order valence-corrected chi connectivity index (χ1v) is 5.90. The predicted molar refractivity (Wildman–Crippen MR) is 58.6 cm³/mol. The van der Waals surface area contributed by atoms with Crippen molar-refractivity contribution in [1.82, 2.24) is 20.2 Å². The molecule has 1 aromatic heterocycles. The average Bonchev–Trinajstić information content (AvgIpc) is 2.76. The highest BCUT2D eigenvalue weighted by atomic mass is 16.5. The number of nitrogens with two attached hydrogens (primary N) is 1. The molecule has 1 aliphatic rings. The molecule has 2 heterocycles. The number of nitrogens with zero attached hydrogens (tertiary/aromatic N) is 4. The maximum atomic E-state index is 5.77. The van der Waals surface area contributed by atoms with Crippen molar-refractivity contribution in [1.29, 1.82) is 0 Å². The lowest BCUT2D eigenvalue weighted by atomic mass is 10.1. The van der Waals surface area contributed by atoms with Crippen molar-refractivity contribution in [3.63, 3.8) is 0 Å². The Labute approximate surface area is 95.1 Å². The summed E-state index contributed by atoms with van der Waals surface area (Å²) in [5.74, 6) is 0.746. The minimum absolute atomic E-state index is 0.123. The van der Waals surface area contributed by atoms with E-state index >= 15 is 0 Å². The van der Waals surface area contributed by atoms with Crippen LogP contribution in [0.15, 0.2) is 0 Å². The number of hydrogen-bond acceptors (Lipinski definition) is 5. The second-order valence-electron chi connectivity index (χ2n) is 4.33. The summed E-state index contributed by atoms with van der Waals surface area (Å²) in [6.45, 7) is 3.56. The molecule has 16 heavy (non-hydrogen) atoms. The lowest BCUT2D eigenvalue weighted by Crippen LogP contribution is -2.22. The van der Waals surface area contributed by atoms with Gasteiger partial charge in [0.15, 0.2) is 5.82 Å². The topological polar surface area (TPSA) is 78.9 Å². The fourth-order valence-corrected chi connectivity index (χ4v) is 2.00. The van der Waals surface area contributed by atoms with Crippen LogP contribution >= 0.6 is 0 Å². The van der Waals surface area contributed by atoms with Gasteiger partial charge in [-0.05, 0) is 43.0 Å². The Hall–Kier alpha value is -1.01. The number of hydrogen-bond donors (Lipinski definition) is 1. The molecule has 6 nitrogen and oxygen atoms in total. The fraction of sp³-hybridized carbons (Fsp3) is 0.900. The van der Waals surface area contributed by atoms with E-state index in [-0.39, 0.29) is 6.04 Å². The maximum absolute atomic E-state index is 5.77. The second kappa shape index (κ2) is 5.36. The smallest absolute Gasteiger partial charge is 0.167 e. The molecule has 0 radical (unpaired) electrons. The summed E-state index contributed by atoms with van der Waals surface area (Å²) in [6.07, 6.45) is 4.92. The van der Waals surface area contributed by atoms with Gasteiger partial charge in [0.05, 0.1) is 12.1 Å². The van der Waals surface area contributed by atoms with E-state index in [1.54, 1.807) is 4.68 Å². The van der Waals surface area contributed by atoms with E-state index in [0.717, 1.165) is 31.8 Å². The van der Waals surface area contributed by atoms with Crippen LogP contribution < -0.4 is 5.73 Å². The van der Waals surface area contributed by atoms with Crippen LogP contribution in [0.25, 0.3) is 0 Å². The standard InChI is InChI=1S/C10H19N5O/c1-8(11)10-12-13-14-15(10)6-5-9-4-2-3-7-16-9/h8-9H,2-7,11H2,1H3. The van der Waals surface area contributed by atoms with E-state index in [9.17, 15) is 0 Å². The Balaban J connectivity index is 1.86. The quantitative estimate of drug-likeness (QED) is 0.814. The lowest BCUT2D eigenvalue weighted by Gasteiger charge is -2.22. The van der Waals surface area contributed by atoms with E-state index in [0.29, 0.717) is 6.10 Å². The summed E-state index contributed by atoms with van der Waals surface area (Å²) in [4.78, 5) is 0. The largest absolute Gasteiger partial charge is 0.378 e. The Morgan fingerprint density at radius 2 is 2.44 bits per heavy atom. The average molecular weight is 225 g/mol. The highest BCUT2D eigenvalue weighted by Gasteiger charge is 2.16. The van der Waals surface area contributed by atoms with Crippen LogP contribution in [0.4, 0.5) is 0 Å². The molecule has 1 aromatic rings. The van der Waals surface area contributed by atoms with Crippen LogP contribution in [0.5, 0.6) is 0 Å².